The van der Waals surface area contributed by atoms with E-state index in [1.54, 1.807) is 26.8 Å². The van der Waals surface area contributed by atoms with Crippen molar-refractivity contribution >= 4 is 40.3 Å². The van der Waals surface area contributed by atoms with Crippen molar-refractivity contribution in [2.24, 2.45) is 17.4 Å². The first-order chi connectivity index (χ1) is 19.2. The van der Waals surface area contributed by atoms with Gasteiger partial charge < -0.3 is 20.9 Å². The van der Waals surface area contributed by atoms with Crippen molar-refractivity contribution in [3.63, 3.8) is 0 Å². The summed E-state index contributed by atoms with van der Waals surface area (Å²) in [5, 5.41) is 2.75. The highest BCUT2D eigenvalue weighted by atomic mass is 32.1. The van der Waals surface area contributed by atoms with Gasteiger partial charge in [0, 0.05) is 17.8 Å². The Morgan fingerprint density at radius 1 is 1.05 bits per heavy atom. The number of primary amides is 2. The summed E-state index contributed by atoms with van der Waals surface area (Å²) < 4.78 is 11.6. The average molecular weight is 587 g/mol. The molecule has 4 amide bonds. The molecule has 11 heteroatoms. The van der Waals surface area contributed by atoms with Crippen molar-refractivity contribution in [1.29, 1.82) is 0 Å². The smallest absolute Gasteiger partial charge is 0.411 e. The minimum atomic E-state index is -0.778. The number of thiophene rings is 1. The maximum absolute atomic E-state index is 13.4. The van der Waals surface area contributed by atoms with Gasteiger partial charge in [-0.3, -0.25) is 15.0 Å². The Labute approximate surface area is 245 Å². The number of hydrogen-bond acceptors (Lipinski definition) is 7. The molecule has 1 atom stereocenters. The molecule has 41 heavy (non-hydrogen) atoms. The highest BCUT2D eigenvalue weighted by molar-refractivity contribution is 7.16. The summed E-state index contributed by atoms with van der Waals surface area (Å²) in [6.45, 7) is 9.58. The van der Waals surface area contributed by atoms with E-state index in [1.165, 1.54) is 16.2 Å². The lowest BCUT2D eigenvalue weighted by molar-refractivity contribution is -0.156. The molecule has 5 N–H and O–H groups in total. The highest BCUT2D eigenvalue weighted by Gasteiger charge is 2.36. The van der Waals surface area contributed by atoms with Gasteiger partial charge in [-0.05, 0) is 76.0 Å². The number of carbonyl (C=O) groups excluding carboxylic acids is 4. The molecule has 0 radical (unpaired) electrons. The number of carbonyl (C=O) groups is 4. The minimum absolute atomic E-state index is 0.108. The third-order valence-corrected chi connectivity index (χ3v) is 7.65. The zero-order valence-corrected chi connectivity index (χ0v) is 25.3. The van der Waals surface area contributed by atoms with Gasteiger partial charge in [-0.2, -0.15) is 0 Å². The first kappa shape index (κ1) is 31.9. The van der Waals surface area contributed by atoms with E-state index in [-0.39, 0.29) is 24.1 Å². The second-order valence-corrected chi connectivity index (χ2v) is 13.0. The van der Waals surface area contributed by atoms with Crippen molar-refractivity contribution in [2.45, 2.75) is 97.4 Å². The van der Waals surface area contributed by atoms with Crippen LogP contribution in [-0.4, -0.2) is 46.6 Å². The van der Waals surface area contributed by atoms with E-state index in [1.807, 2.05) is 38.1 Å². The lowest BCUT2D eigenvalue weighted by atomic mass is 10.0. The third kappa shape index (κ3) is 9.77. The fraction of sp³-hybridized carbons (Fsp3) is 0.533. The van der Waals surface area contributed by atoms with Gasteiger partial charge in [0.25, 0.3) is 5.91 Å². The van der Waals surface area contributed by atoms with Gasteiger partial charge in [0.2, 0.25) is 0 Å². The normalized spacial score (nSPS) is 14.5. The fourth-order valence-corrected chi connectivity index (χ4v) is 5.85. The number of nitrogens with one attached hydrogen (secondary N) is 1. The van der Waals surface area contributed by atoms with Gasteiger partial charge in [-0.25, -0.2) is 14.4 Å². The van der Waals surface area contributed by atoms with E-state index in [4.69, 9.17) is 20.9 Å². The molecule has 0 bridgehead atoms. The average Bonchev–Trinajstić information content (AvgIpc) is 3.50. The first-order valence-electron chi connectivity index (χ1n) is 14.0. The Morgan fingerprint density at radius 2 is 1.66 bits per heavy atom. The molecule has 1 aliphatic carbocycles. The van der Waals surface area contributed by atoms with E-state index >= 15 is 0 Å². The monoisotopic (exact) mass is 586 g/mol. The predicted molar refractivity (Wildman–Crippen MR) is 159 cm³/mol. The van der Waals surface area contributed by atoms with Gasteiger partial charge >= 0.3 is 18.1 Å². The standard InChI is InChI=1S/C30H42N4O6S/c1-18(2)14-24(27(36)39-21-8-6-7-9-21)34(29(38)40-30(3,4)5)17-20-12-10-19(11-13-20)15-22-16-23(25(31)35)26(41-22)33-28(32)37/h10-13,16,18,21,24H,6-9,14-15,17H2,1-5H3,(H2,31,35)(H3,32,33,37)/t24-/m0/s1. The zero-order chi connectivity index (χ0) is 30.3. The number of amides is 4. The van der Waals surface area contributed by atoms with E-state index in [0.29, 0.717) is 17.8 Å². The van der Waals surface area contributed by atoms with Crippen LogP contribution in [0.1, 0.15) is 93.1 Å². The van der Waals surface area contributed by atoms with Crippen molar-refractivity contribution in [2.75, 3.05) is 5.32 Å². The molecule has 1 aromatic heterocycles. The molecule has 1 saturated carbocycles. The summed E-state index contributed by atoms with van der Waals surface area (Å²) >= 11 is 1.23. The number of hydrogen-bond donors (Lipinski definition) is 3. The summed E-state index contributed by atoms with van der Waals surface area (Å²) in [6.07, 6.45) is 4.03. The quantitative estimate of drug-likeness (QED) is 0.293. The second kappa shape index (κ2) is 13.8. The summed E-state index contributed by atoms with van der Waals surface area (Å²) in [5.74, 6) is -0.902. The number of ether oxygens (including phenoxy) is 2. The van der Waals surface area contributed by atoms with Crippen LogP contribution in [0.3, 0.4) is 0 Å². The number of nitrogens with two attached hydrogens (primary N) is 2. The Hall–Kier alpha value is -3.60. The van der Waals surface area contributed by atoms with Gasteiger partial charge in [0.15, 0.2) is 0 Å². The lowest BCUT2D eigenvalue weighted by Gasteiger charge is -2.34. The van der Waals surface area contributed by atoms with E-state index in [9.17, 15) is 19.2 Å². The van der Waals surface area contributed by atoms with Crippen LogP contribution in [0.25, 0.3) is 0 Å². The number of rotatable bonds is 11. The molecule has 0 saturated heterocycles. The maximum atomic E-state index is 13.4. The van der Waals surface area contributed by atoms with Crippen molar-refractivity contribution in [3.8, 4) is 0 Å². The van der Waals surface area contributed by atoms with Gasteiger partial charge in [-0.1, -0.05) is 38.1 Å². The van der Waals surface area contributed by atoms with Crippen LogP contribution < -0.4 is 16.8 Å². The summed E-state index contributed by atoms with van der Waals surface area (Å²) in [5.41, 5.74) is 11.9. The molecule has 0 spiro atoms. The second-order valence-electron chi connectivity index (χ2n) is 11.9. The van der Waals surface area contributed by atoms with Crippen molar-refractivity contribution in [3.05, 3.63) is 51.9 Å². The molecule has 1 heterocycles. The number of esters is 1. The molecule has 2 aromatic rings. The summed E-state index contributed by atoms with van der Waals surface area (Å²) in [7, 11) is 0. The third-order valence-electron chi connectivity index (χ3n) is 6.60. The topological polar surface area (TPSA) is 154 Å². The molecule has 1 aromatic carbocycles. The van der Waals surface area contributed by atoms with Crippen molar-refractivity contribution in [1.82, 2.24) is 4.90 Å². The highest BCUT2D eigenvalue weighted by Crippen LogP contribution is 2.30. The van der Waals surface area contributed by atoms with Crippen LogP contribution in [0, 0.1) is 5.92 Å². The van der Waals surface area contributed by atoms with Crippen LogP contribution in [0.4, 0.5) is 14.6 Å². The summed E-state index contributed by atoms with van der Waals surface area (Å²) in [4.78, 5) is 52.2. The maximum Gasteiger partial charge on any atom is 0.411 e. The Morgan fingerprint density at radius 3 is 2.20 bits per heavy atom. The van der Waals surface area contributed by atoms with E-state index < -0.39 is 35.6 Å². The lowest BCUT2D eigenvalue weighted by Crippen LogP contribution is -2.48. The molecular weight excluding hydrogens is 544 g/mol. The fourth-order valence-electron chi connectivity index (χ4n) is 4.75. The van der Waals surface area contributed by atoms with Crippen LogP contribution in [0.2, 0.25) is 0 Å². The van der Waals surface area contributed by atoms with E-state index in [0.717, 1.165) is 41.7 Å². The van der Waals surface area contributed by atoms with E-state index in [2.05, 4.69) is 5.32 Å². The van der Waals surface area contributed by atoms with Gasteiger partial charge in [-0.15, -0.1) is 11.3 Å². The molecular formula is C30H42N4O6S. The molecule has 224 valence electrons. The first-order valence-corrected chi connectivity index (χ1v) is 14.8. The Balaban J connectivity index is 1.82. The predicted octanol–water partition coefficient (Wildman–Crippen LogP) is 5.57. The van der Waals surface area contributed by atoms with Gasteiger partial charge in [0.05, 0.1) is 5.56 Å². The number of benzene rings is 1. The molecule has 3 rings (SSSR count). The molecule has 0 aliphatic heterocycles. The number of nitrogens with zero attached hydrogens (tertiary/aromatic N) is 1. The Bertz CT molecular complexity index is 1230. The number of urea groups is 1. The zero-order valence-electron chi connectivity index (χ0n) is 24.5. The van der Waals surface area contributed by atoms with Crippen LogP contribution in [-0.2, 0) is 27.2 Å². The van der Waals surface area contributed by atoms with Crippen molar-refractivity contribution < 1.29 is 28.7 Å². The Kier molecular flexibility index (Phi) is 10.8. The number of anilines is 1. The largest absolute Gasteiger partial charge is 0.461 e. The molecule has 1 fully saturated rings. The van der Waals surface area contributed by atoms with Gasteiger partial charge in [0.1, 0.15) is 22.7 Å². The summed E-state index contributed by atoms with van der Waals surface area (Å²) in [6, 6.07) is 7.72. The van der Waals surface area contributed by atoms with Crippen LogP contribution in [0.5, 0.6) is 0 Å². The molecule has 1 aliphatic rings. The molecule has 0 unspecified atom stereocenters. The van der Waals surface area contributed by atoms with Crippen LogP contribution >= 0.6 is 11.3 Å². The molecule has 10 nitrogen and oxygen atoms in total. The minimum Gasteiger partial charge on any atom is -0.461 e. The SMILES string of the molecule is CC(C)C[C@@H](C(=O)OC1CCCC1)N(Cc1ccc(Cc2cc(C(N)=O)c(NC(N)=O)s2)cc1)C(=O)OC(C)(C)C. The van der Waals surface area contributed by atoms with Crippen LogP contribution in [0.15, 0.2) is 30.3 Å².